The lowest BCUT2D eigenvalue weighted by atomic mass is 10.3. The number of sulfone groups is 1. The highest BCUT2D eigenvalue weighted by atomic mass is 32.2. The first-order valence-corrected chi connectivity index (χ1v) is 7.07. The third-order valence-corrected chi connectivity index (χ3v) is 2.86. The van der Waals surface area contributed by atoms with Crippen LogP contribution in [0, 0.1) is 0 Å². The number of nitrogens with one attached hydrogen (secondary N) is 1. The molecule has 0 saturated carbocycles. The van der Waals surface area contributed by atoms with Crippen molar-refractivity contribution >= 4 is 15.7 Å². The van der Waals surface area contributed by atoms with Gasteiger partial charge in [0.25, 0.3) is 5.91 Å². The van der Waals surface area contributed by atoms with E-state index in [2.05, 4.69) is 20.5 Å². The number of hydrogen-bond donors (Lipinski definition) is 1. The zero-order valence-electron chi connectivity index (χ0n) is 9.90. The van der Waals surface area contributed by atoms with E-state index in [1.807, 2.05) is 0 Å². The molecule has 0 aliphatic carbocycles. The van der Waals surface area contributed by atoms with Crippen molar-refractivity contribution in [2.45, 2.75) is 11.8 Å². The summed E-state index contributed by atoms with van der Waals surface area (Å²) in [5.41, 5.74) is 0.241. The molecule has 0 atom stereocenters. The molecule has 0 saturated heterocycles. The van der Waals surface area contributed by atoms with Crippen LogP contribution in [0.3, 0.4) is 0 Å². The van der Waals surface area contributed by atoms with Gasteiger partial charge in [-0.05, 0) is 12.1 Å². The summed E-state index contributed by atoms with van der Waals surface area (Å²) in [6.07, 6.45) is 2.44. The van der Waals surface area contributed by atoms with Crippen molar-refractivity contribution in [2.24, 2.45) is 0 Å². The number of rotatable bonds is 4. The second-order valence-electron chi connectivity index (χ2n) is 3.63. The van der Waals surface area contributed by atoms with E-state index in [0.717, 1.165) is 6.26 Å². The Morgan fingerprint density at radius 3 is 2.74 bits per heavy atom. The molecule has 0 unspecified atom stereocenters. The van der Waals surface area contributed by atoms with Gasteiger partial charge in [-0.15, -0.1) is 5.10 Å². The summed E-state index contributed by atoms with van der Waals surface area (Å²) >= 11 is 0. The smallest absolute Gasteiger partial charge is 0.335 e. The third-order valence-electron chi connectivity index (χ3n) is 2.06. The summed E-state index contributed by atoms with van der Waals surface area (Å²) < 4.78 is 27.1. The van der Waals surface area contributed by atoms with Crippen LogP contribution < -0.4 is 5.32 Å². The molecule has 8 nitrogen and oxygen atoms in total. The van der Waals surface area contributed by atoms with Gasteiger partial charge in [0.05, 0.1) is 6.54 Å². The maximum absolute atomic E-state index is 11.6. The summed E-state index contributed by atoms with van der Waals surface area (Å²) in [6.45, 7) is -0.0715. The number of amides is 1. The molecule has 0 aliphatic heterocycles. The molecule has 2 rings (SSSR count). The molecule has 0 aliphatic rings. The predicted octanol–water partition coefficient (Wildman–Crippen LogP) is -0.202. The molecular weight excluding hydrogens is 272 g/mol. The lowest BCUT2D eigenvalue weighted by Gasteiger charge is -2.00. The molecule has 2 aromatic heterocycles. The monoisotopic (exact) mass is 282 g/mol. The van der Waals surface area contributed by atoms with E-state index in [9.17, 15) is 13.2 Å². The highest BCUT2D eigenvalue weighted by Gasteiger charge is 2.17. The van der Waals surface area contributed by atoms with Crippen LogP contribution in [0.5, 0.6) is 0 Å². The normalized spacial score (nSPS) is 11.2. The SMILES string of the molecule is CS(=O)(=O)c1nnc(CNC(=O)c2ccccn2)o1. The van der Waals surface area contributed by atoms with E-state index in [4.69, 9.17) is 4.42 Å². The molecule has 2 aromatic rings. The van der Waals surface area contributed by atoms with E-state index in [-0.39, 0.29) is 18.1 Å². The first kappa shape index (κ1) is 13.1. The van der Waals surface area contributed by atoms with E-state index >= 15 is 0 Å². The minimum absolute atomic E-state index is 0.00436. The molecular formula is C10H10N4O4S. The second kappa shape index (κ2) is 5.14. The number of pyridine rings is 1. The Balaban J connectivity index is 2.00. The minimum atomic E-state index is -3.54. The molecule has 0 bridgehead atoms. The van der Waals surface area contributed by atoms with Crippen LogP contribution in [0.4, 0.5) is 0 Å². The summed E-state index contributed by atoms with van der Waals surface area (Å²) in [7, 11) is -3.54. The van der Waals surface area contributed by atoms with Crippen molar-refractivity contribution in [1.82, 2.24) is 20.5 Å². The number of aromatic nitrogens is 3. The highest BCUT2D eigenvalue weighted by Crippen LogP contribution is 2.06. The number of nitrogens with zero attached hydrogens (tertiary/aromatic N) is 3. The van der Waals surface area contributed by atoms with Crippen molar-refractivity contribution in [3.05, 3.63) is 36.0 Å². The lowest BCUT2D eigenvalue weighted by molar-refractivity contribution is 0.0941. The van der Waals surface area contributed by atoms with Crippen LogP contribution in [0.2, 0.25) is 0 Å². The van der Waals surface area contributed by atoms with Gasteiger partial charge < -0.3 is 9.73 Å². The standard InChI is InChI=1S/C10H10N4O4S/c1-19(16,17)10-14-13-8(18-10)6-12-9(15)7-4-2-3-5-11-7/h2-5H,6H2,1H3,(H,12,15). The Labute approximate surface area is 108 Å². The van der Waals surface area contributed by atoms with Gasteiger partial charge in [-0.2, -0.15) is 0 Å². The van der Waals surface area contributed by atoms with Crippen LogP contribution in [0.1, 0.15) is 16.4 Å². The quantitative estimate of drug-likeness (QED) is 0.825. The Morgan fingerprint density at radius 1 is 1.37 bits per heavy atom. The van der Waals surface area contributed by atoms with Gasteiger partial charge in [0.1, 0.15) is 5.69 Å². The summed E-state index contributed by atoms with van der Waals surface area (Å²) in [5.74, 6) is -0.413. The van der Waals surface area contributed by atoms with E-state index in [0.29, 0.717) is 0 Å². The van der Waals surface area contributed by atoms with Gasteiger partial charge in [-0.3, -0.25) is 9.78 Å². The fraction of sp³-hybridized carbons (Fsp3) is 0.200. The average Bonchev–Trinajstić information content (AvgIpc) is 2.86. The van der Waals surface area contributed by atoms with Crippen molar-refractivity contribution < 1.29 is 17.6 Å². The molecule has 0 fully saturated rings. The van der Waals surface area contributed by atoms with E-state index < -0.39 is 21.0 Å². The molecule has 0 aromatic carbocycles. The second-order valence-corrected chi connectivity index (χ2v) is 5.53. The third kappa shape index (κ3) is 3.35. The molecule has 1 amide bonds. The maximum Gasteiger partial charge on any atom is 0.335 e. The van der Waals surface area contributed by atoms with Crippen LogP contribution in [0.15, 0.2) is 34.0 Å². The zero-order chi connectivity index (χ0) is 13.9. The fourth-order valence-corrected chi connectivity index (χ4v) is 1.64. The average molecular weight is 282 g/mol. The lowest BCUT2D eigenvalue weighted by Crippen LogP contribution is -2.23. The van der Waals surface area contributed by atoms with Crippen LogP contribution in [0.25, 0.3) is 0 Å². The minimum Gasteiger partial charge on any atom is -0.411 e. The first-order chi connectivity index (χ1) is 8.97. The Kier molecular flexibility index (Phi) is 3.56. The van der Waals surface area contributed by atoms with Gasteiger partial charge in [0.2, 0.25) is 15.7 Å². The van der Waals surface area contributed by atoms with Crippen molar-refractivity contribution in [3.8, 4) is 0 Å². The van der Waals surface area contributed by atoms with Crippen molar-refractivity contribution in [1.29, 1.82) is 0 Å². The molecule has 0 spiro atoms. The molecule has 1 N–H and O–H groups in total. The zero-order valence-corrected chi connectivity index (χ0v) is 10.7. The molecule has 0 radical (unpaired) electrons. The molecule has 2 heterocycles. The predicted molar refractivity (Wildman–Crippen MR) is 62.8 cm³/mol. The Bertz CT molecular complexity index is 681. The molecule has 100 valence electrons. The largest absolute Gasteiger partial charge is 0.411 e. The van der Waals surface area contributed by atoms with E-state index in [1.165, 1.54) is 6.20 Å². The summed E-state index contributed by atoms with van der Waals surface area (Å²) in [5, 5.41) is 8.89. The topological polar surface area (TPSA) is 115 Å². The van der Waals surface area contributed by atoms with E-state index in [1.54, 1.807) is 18.2 Å². The van der Waals surface area contributed by atoms with Crippen LogP contribution >= 0.6 is 0 Å². The van der Waals surface area contributed by atoms with Crippen molar-refractivity contribution in [2.75, 3.05) is 6.26 Å². The highest BCUT2D eigenvalue weighted by molar-refractivity contribution is 7.90. The van der Waals surface area contributed by atoms with Crippen LogP contribution in [-0.4, -0.2) is 35.8 Å². The first-order valence-electron chi connectivity index (χ1n) is 5.18. The van der Waals surface area contributed by atoms with Gasteiger partial charge in [-0.25, -0.2) is 8.42 Å². The van der Waals surface area contributed by atoms with Gasteiger partial charge in [0, 0.05) is 12.5 Å². The van der Waals surface area contributed by atoms with Crippen LogP contribution in [-0.2, 0) is 16.4 Å². The van der Waals surface area contributed by atoms with Gasteiger partial charge in [0.15, 0.2) is 0 Å². The summed E-state index contributed by atoms with van der Waals surface area (Å²) in [6, 6.07) is 4.91. The number of hydrogen-bond acceptors (Lipinski definition) is 7. The Hall–Kier alpha value is -2.29. The molecule has 9 heteroatoms. The maximum atomic E-state index is 11.6. The fourth-order valence-electron chi connectivity index (χ4n) is 1.20. The van der Waals surface area contributed by atoms with Crippen molar-refractivity contribution in [3.63, 3.8) is 0 Å². The summed E-state index contributed by atoms with van der Waals surface area (Å²) in [4.78, 5) is 15.5. The molecule has 19 heavy (non-hydrogen) atoms. The number of carbonyl (C=O) groups is 1. The number of carbonyl (C=O) groups excluding carboxylic acids is 1. The van der Waals surface area contributed by atoms with Gasteiger partial charge >= 0.3 is 5.22 Å². The van der Waals surface area contributed by atoms with Gasteiger partial charge in [-0.1, -0.05) is 11.2 Å². The Morgan fingerprint density at radius 2 is 2.16 bits per heavy atom.